The summed E-state index contributed by atoms with van der Waals surface area (Å²) in [5.74, 6) is -0.295. The van der Waals surface area contributed by atoms with Crippen molar-refractivity contribution in [1.29, 1.82) is 0 Å². The Labute approximate surface area is 157 Å². The van der Waals surface area contributed by atoms with E-state index in [4.69, 9.17) is 0 Å². The van der Waals surface area contributed by atoms with Crippen LogP contribution in [0.15, 0.2) is 29.2 Å². The van der Waals surface area contributed by atoms with E-state index in [0.717, 1.165) is 37.2 Å². The predicted molar refractivity (Wildman–Crippen MR) is 101 cm³/mol. The summed E-state index contributed by atoms with van der Waals surface area (Å²) in [6.07, 6.45) is 5.12. The van der Waals surface area contributed by atoms with Gasteiger partial charge in [0.1, 0.15) is 4.88 Å². The molecule has 1 aromatic heterocycles. The number of nitrogens with zero attached hydrogens (tertiary/aromatic N) is 3. The van der Waals surface area contributed by atoms with E-state index in [2.05, 4.69) is 14.9 Å². The number of sulfonamides is 1. The minimum Gasteiger partial charge on any atom is -0.321 e. The highest BCUT2D eigenvalue weighted by atomic mass is 32.2. The maximum atomic E-state index is 12.8. The maximum Gasteiger partial charge on any atom is 0.269 e. The molecule has 2 heterocycles. The summed E-state index contributed by atoms with van der Waals surface area (Å²) in [5.41, 5.74) is 1.11. The van der Waals surface area contributed by atoms with Crippen LogP contribution in [0.3, 0.4) is 0 Å². The molecule has 9 heteroatoms. The van der Waals surface area contributed by atoms with Gasteiger partial charge in [-0.15, -0.1) is 5.10 Å². The molecule has 0 bridgehead atoms. The van der Waals surface area contributed by atoms with Gasteiger partial charge in [-0.3, -0.25) is 4.79 Å². The van der Waals surface area contributed by atoms with E-state index >= 15 is 0 Å². The van der Waals surface area contributed by atoms with Crippen LogP contribution in [0.25, 0.3) is 0 Å². The number of rotatable bonds is 4. The second-order valence-electron chi connectivity index (χ2n) is 6.34. The summed E-state index contributed by atoms with van der Waals surface area (Å²) in [4.78, 5) is 12.9. The highest BCUT2D eigenvalue weighted by molar-refractivity contribution is 7.89. The molecule has 26 heavy (non-hydrogen) atoms. The molecule has 0 radical (unpaired) electrons. The standard InChI is InChI=1S/C17H22N4O3S2/c1-13-16(25-20-19-13)17(22)18-14-7-9-15(10-8-14)26(23,24)21-11-5-3-2-4-6-12-21/h7-10H,2-6,11-12H2,1H3,(H,18,22). The second-order valence-corrected chi connectivity index (χ2v) is 9.03. The highest BCUT2D eigenvalue weighted by Gasteiger charge is 2.24. The van der Waals surface area contributed by atoms with Crippen molar-refractivity contribution in [2.45, 2.75) is 43.9 Å². The van der Waals surface area contributed by atoms with Crippen LogP contribution < -0.4 is 5.32 Å². The van der Waals surface area contributed by atoms with E-state index in [1.165, 1.54) is 6.42 Å². The Morgan fingerprint density at radius 3 is 2.27 bits per heavy atom. The fraction of sp³-hybridized carbons (Fsp3) is 0.471. The molecule has 1 saturated heterocycles. The number of aromatic nitrogens is 2. The first kappa shape index (κ1) is 18.9. The summed E-state index contributed by atoms with van der Waals surface area (Å²) < 4.78 is 31.0. The Morgan fingerprint density at radius 1 is 1.08 bits per heavy atom. The molecular weight excluding hydrogens is 372 g/mol. The van der Waals surface area contributed by atoms with E-state index in [0.29, 0.717) is 29.3 Å². The Balaban J connectivity index is 1.72. The Bertz CT molecular complexity index is 854. The molecule has 7 nitrogen and oxygen atoms in total. The van der Waals surface area contributed by atoms with Crippen molar-refractivity contribution in [1.82, 2.24) is 13.9 Å². The van der Waals surface area contributed by atoms with Crippen molar-refractivity contribution in [2.24, 2.45) is 0 Å². The SMILES string of the molecule is Cc1nnsc1C(=O)Nc1ccc(S(=O)(=O)N2CCCCCCC2)cc1. The molecule has 1 aliphatic heterocycles. The number of benzene rings is 1. The fourth-order valence-electron chi connectivity index (χ4n) is 2.95. The van der Waals surface area contributed by atoms with Gasteiger partial charge >= 0.3 is 0 Å². The first-order valence-corrected chi connectivity index (χ1v) is 10.9. The average molecular weight is 395 g/mol. The van der Waals surface area contributed by atoms with Crippen LogP contribution in [-0.2, 0) is 10.0 Å². The normalized spacial score (nSPS) is 16.7. The van der Waals surface area contributed by atoms with Gasteiger partial charge in [0.15, 0.2) is 0 Å². The van der Waals surface area contributed by atoms with Crippen LogP contribution in [0.2, 0.25) is 0 Å². The van der Waals surface area contributed by atoms with Crippen LogP contribution in [-0.4, -0.2) is 41.3 Å². The van der Waals surface area contributed by atoms with E-state index < -0.39 is 10.0 Å². The number of carbonyl (C=O) groups excluding carboxylic acids is 1. The predicted octanol–water partition coefficient (Wildman–Crippen LogP) is 3.05. The maximum absolute atomic E-state index is 12.8. The Kier molecular flexibility index (Phi) is 6.00. The lowest BCUT2D eigenvalue weighted by molar-refractivity contribution is 0.103. The van der Waals surface area contributed by atoms with Crippen LogP contribution in [0.5, 0.6) is 0 Å². The number of aryl methyl sites for hydroxylation is 1. The van der Waals surface area contributed by atoms with Gasteiger partial charge in [0.05, 0.1) is 10.6 Å². The lowest BCUT2D eigenvalue weighted by atomic mass is 10.1. The molecule has 1 aromatic carbocycles. The number of hydrogen-bond acceptors (Lipinski definition) is 6. The molecule has 0 saturated carbocycles. The fourth-order valence-corrected chi connectivity index (χ4v) is 5.01. The number of carbonyl (C=O) groups is 1. The van der Waals surface area contributed by atoms with Gasteiger partial charge in [-0.2, -0.15) is 4.31 Å². The monoisotopic (exact) mass is 394 g/mol. The Morgan fingerprint density at radius 2 is 1.69 bits per heavy atom. The quantitative estimate of drug-likeness (QED) is 0.860. The van der Waals surface area contributed by atoms with Crippen molar-refractivity contribution in [2.75, 3.05) is 18.4 Å². The van der Waals surface area contributed by atoms with Crippen molar-refractivity contribution >= 4 is 33.2 Å². The van der Waals surface area contributed by atoms with Gasteiger partial charge in [0, 0.05) is 18.8 Å². The van der Waals surface area contributed by atoms with Crippen LogP contribution >= 0.6 is 11.5 Å². The zero-order chi connectivity index (χ0) is 18.6. The molecular formula is C17H22N4O3S2. The van der Waals surface area contributed by atoms with Crippen LogP contribution in [0.1, 0.15) is 47.5 Å². The largest absolute Gasteiger partial charge is 0.321 e. The van der Waals surface area contributed by atoms with Crippen molar-refractivity contribution < 1.29 is 13.2 Å². The smallest absolute Gasteiger partial charge is 0.269 e. The molecule has 3 rings (SSSR count). The van der Waals surface area contributed by atoms with E-state index in [9.17, 15) is 13.2 Å². The average Bonchev–Trinajstić information content (AvgIpc) is 3.01. The van der Waals surface area contributed by atoms with Gasteiger partial charge < -0.3 is 5.32 Å². The number of anilines is 1. The highest BCUT2D eigenvalue weighted by Crippen LogP contribution is 2.22. The minimum atomic E-state index is -3.49. The zero-order valence-corrected chi connectivity index (χ0v) is 16.3. The molecule has 1 N–H and O–H groups in total. The lowest BCUT2D eigenvalue weighted by Gasteiger charge is -2.24. The molecule has 140 valence electrons. The molecule has 2 aromatic rings. The van der Waals surface area contributed by atoms with E-state index in [1.807, 2.05) is 0 Å². The van der Waals surface area contributed by atoms with E-state index in [-0.39, 0.29) is 10.8 Å². The van der Waals surface area contributed by atoms with Gasteiger partial charge in [0.25, 0.3) is 5.91 Å². The van der Waals surface area contributed by atoms with Gasteiger partial charge in [-0.25, -0.2) is 8.42 Å². The molecule has 0 spiro atoms. The summed E-state index contributed by atoms with van der Waals surface area (Å²) >= 11 is 1.03. The van der Waals surface area contributed by atoms with Gasteiger partial charge in [-0.1, -0.05) is 23.8 Å². The first-order chi connectivity index (χ1) is 12.5. The van der Waals surface area contributed by atoms with Gasteiger partial charge in [0.2, 0.25) is 10.0 Å². The van der Waals surface area contributed by atoms with Crippen LogP contribution in [0, 0.1) is 6.92 Å². The minimum absolute atomic E-state index is 0.256. The Hall–Kier alpha value is -1.84. The number of nitrogens with one attached hydrogen (secondary N) is 1. The lowest BCUT2D eigenvalue weighted by Crippen LogP contribution is -2.33. The summed E-state index contributed by atoms with van der Waals surface area (Å²) in [5, 5.41) is 6.56. The third-order valence-corrected chi connectivity index (χ3v) is 7.16. The molecule has 0 atom stereocenters. The van der Waals surface area contributed by atoms with E-state index in [1.54, 1.807) is 35.5 Å². The summed E-state index contributed by atoms with van der Waals surface area (Å²) in [7, 11) is -3.49. The zero-order valence-electron chi connectivity index (χ0n) is 14.6. The van der Waals surface area contributed by atoms with Crippen molar-refractivity contribution in [3.8, 4) is 0 Å². The van der Waals surface area contributed by atoms with Crippen molar-refractivity contribution in [3.63, 3.8) is 0 Å². The molecule has 1 fully saturated rings. The van der Waals surface area contributed by atoms with Crippen LogP contribution in [0.4, 0.5) is 5.69 Å². The first-order valence-electron chi connectivity index (χ1n) is 8.69. The molecule has 1 aliphatic rings. The van der Waals surface area contributed by atoms with Gasteiger partial charge in [-0.05, 0) is 55.6 Å². The van der Waals surface area contributed by atoms with Crippen molar-refractivity contribution in [3.05, 3.63) is 34.8 Å². The molecule has 0 unspecified atom stereocenters. The molecule has 0 aliphatic carbocycles. The third-order valence-electron chi connectivity index (χ3n) is 4.42. The second kappa shape index (κ2) is 8.24. The number of amides is 1. The third kappa shape index (κ3) is 4.28. The topological polar surface area (TPSA) is 92.3 Å². The summed E-state index contributed by atoms with van der Waals surface area (Å²) in [6, 6.07) is 6.31. The number of hydrogen-bond donors (Lipinski definition) is 1. The summed E-state index contributed by atoms with van der Waals surface area (Å²) in [6.45, 7) is 2.86. The molecule has 1 amide bonds.